The molecule has 1 heterocycles. The Bertz CT molecular complexity index is 676. The summed E-state index contributed by atoms with van der Waals surface area (Å²) in [5, 5.41) is 3.77. The van der Waals surface area contributed by atoms with E-state index in [-0.39, 0.29) is 24.4 Å². The van der Waals surface area contributed by atoms with Gasteiger partial charge >= 0.3 is 0 Å². The number of benzene rings is 2. The van der Waals surface area contributed by atoms with Crippen LogP contribution in [-0.4, -0.2) is 43.7 Å². The van der Waals surface area contributed by atoms with Gasteiger partial charge in [-0.15, -0.1) is 12.4 Å². The fourth-order valence-electron chi connectivity index (χ4n) is 2.95. The van der Waals surface area contributed by atoms with Crippen LogP contribution in [0, 0.1) is 0 Å². The highest BCUT2D eigenvalue weighted by molar-refractivity contribution is 6.31. The van der Waals surface area contributed by atoms with Crippen LogP contribution in [0.25, 0.3) is 0 Å². The Kier molecular flexibility index (Phi) is 7.72. The van der Waals surface area contributed by atoms with Crippen molar-refractivity contribution in [2.75, 3.05) is 32.8 Å². The molecule has 1 saturated heterocycles. The van der Waals surface area contributed by atoms with E-state index in [0.29, 0.717) is 25.3 Å². The van der Waals surface area contributed by atoms with Crippen molar-refractivity contribution in [2.24, 2.45) is 0 Å². The van der Waals surface area contributed by atoms with Crippen molar-refractivity contribution in [1.29, 1.82) is 0 Å². The van der Waals surface area contributed by atoms with E-state index in [0.717, 1.165) is 23.7 Å². The van der Waals surface area contributed by atoms with Crippen LogP contribution in [0.3, 0.4) is 0 Å². The lowest BCUT2D eigenvalue weighted by atomic mass is 10.0. The van der Waals surface area contributed by atoms with Crippen molar-refractivity contribution in [3.05, 3.63) is 70.7 Å². The number of ether oxygens (including phenoxy) is 1. The summed E-state index contributed by atoms with van der Waals surface area (Å²) in [6.07, 6.45) is 0. The standard InChI is InChI=1S/C19H21ClN2O2.ClH/c20-17-9-5-4-8-16(17)18(22-10-12-24-13-11-22)14-21-19(23)15-6-2-1-3-7-15;/h1-9,18H,10-14H2,(H,21,23);1H. The van der Waals surface area contributed by atoms with Gasteiger partial charge in [0.05, 0.1) is 19.3 Å². The SMILES string of the molecule is Cl.O=C(NCC(c1ccccc1Cl)N1CCOCC1)c1ccccc1. The zero-order chi connectivity index (χ0) is 16.8. The first kappa shape index (κ1) is 19.7. The predicted octanol–water partition coefficient (Wildman–Crippen LogP) is 3.57. The van der Waals surface area contributed by atoms with Crippen molar-refractivity contribution in [1.82, 2.24) is 10.2 Å². The lowest BCUT2D eigenvalue weighted by Gasteiger charge is -2.35. The minimum Gasteiger partial charge on any atom is -0.379 e. The van der Waals surface area contributed by atoms with Crippen molar-refractivity contribution >= 4 is 29.9 Å². The van der Waals surface area contributed by atoms with Gasteiger partial charge < -0.3 is 10.1 Å². The molecule has 0 aromatic heterocycles. The average Bonchev–Trinajstić information content (AvgIpc) is 2.65. The fourth-order valence-corrected chi connectivity index (χ4v) is 3.21. The highest BCUT2D eigenvalue weighted by Gasteiger charge is 2.24. The summed E-state index contributed by atoms with van der Waals surface area (Å²) in [7, 11) is 0. The van der Waals surface area contributed by atoms with Gasteiger partial charge in [0.2, 0.25) is 0 Å². The van der Waals surface area contributed by atoms with Gasteiger partial charge in [0, 0.05) is 30.2 Å². The second-order valence-electron chi connectivity index (χ2n) is 5.76. The van der Waals surface area contributed by atoms with Crippen LogP contribution < -0.4 is 5.32 Å². The van der Waals surface area contributed by atoms with Crippen LogP contribution in [-0.2, 0) is 4.74 Å². The third-order valence-electron chi connectivity index (χ3n) is 4.24. The van der Waals surface area contributed by atoms with Crippen LogP contribution in [0.15, 0.2) is 54.6 Å². The maximum Gasteiger partial charge on any atom is 0.251 e. The number of hydrogen-bond acceptors (Lipinski definition) is 3. The van der Waals surface area contributed by atoms with Gasteiger partial charge in [-0.25, -0.2) is 0 Å². The van der Waals surface area contributed by atoms with Crippen molar-refractivity contribution in [3.8, 4) is 0 Å². The first-order valence-corrected chi connectivity index (χ1v) is 8.53. The monoisotopic (exact) mass is 380 g/mol. The number of halogens is 2. The Labute approximate surface area is 159 Å². The molecule has 134 valence electrons. The molecule has 0 bridgehead atoms. The van der Waals surface area contributed by atoms with Crippen LogP contribution in [0.1, 0.15) is 22.0 Å². The average molecular weight is 381 g/mol. The van der Waals surface area contributed by atoms with E-state index in [1.807, 2.05) is 54.6 Å². The molecule has 2 aromatic rings. The molecule has 0 radical (unpaired) electrons. The highest BCUT2D eigenvalue weighted by atomic mass is 35.5. The van der Waals surface area contributed by atoms with Gasteiger partial charge in [0.1, 0.15) is 0 Å². The maximum absolute atomic E-state index is 12.4. The van der Waals surface area contributed by atoms with Crippen LogP contribution in [0.2, 0.25) is 5.02 Å². The van der Waals surface area contributed by atoms with Crippen LogP contribution >= 0.6 is 24.0 Å². The first-order chi connectivity index (χ1) is 11.8. The molecule has 2 aromatic carbocycles. The summed E-state index contributed by atoms with van der Waals surface area (Å²) in [5.41, 5.74) is 1.70. The van der Waals surface area contributed by atoms with Gasteiger partial charge in [0.15, 0.2) is 0 Å². The normalized spacial score (nSPS) is 15.9. The maximum atomic E-state index is 12.4. The van der Waals surface area contributed by atoms with E-state index in [9.17, 15) is 4.79 Å². The molecule has 3 rings (SSSR count). The largest absolute Gasteiger partial charge is 0.379 e. The van der Waals surface area contributed by atoms with Crippen LogP contribution in [0.4, 0.5) is 0 Å². The summed E-state index contributed by atoms with van der Waals surface area (Å²) < 4.78 is 5.45. The van der Waals surface area contributed by atoms with E-state index in [1.54, 1.807) is 0 Å². The summed E-state index contributed by atoms with van der Waals surface area (Å²) in [4.78, 5) is 14.7. The lowest BCUT2D eigenvalue weighted by Crippen LogP contribution is -2.44. The quantitative estimate of drug-likeness (QED) is 0.861. The Hall–Kier alpha value is -1.59. The van der Waals surface area contributed by atoms with Gasteiger partial charge in [-0.3, -0.25) is 9.69 Å². The zero-order valence-corrected chi connectivity index (χ0v) is 15.4. The van der Waals surface area contributed by atoms with Gasteiger partial charge in [-0.1, -0.05) is 48.0 Å². The number of carbonyl (C=O) groups excluding carboxylic acids is 1. The van der Waals surface area contributed by atoms with Gasteiger partial charge in [-0.2, -0.15) is 0 Å². The predicted molar refractivity (Wildman–Crippen MR) is 103 cm³/mol. The van der Waals surface area contributed by atoms with E-state index < -0.39 is 0 Å². The number of nitrogens with one attached hydrogen (secondary N) is 1. The molecule has 6 heteroatoms. The topological polar surface area (TPSA) is 41.6 Å². The molecule has 0 saturated carbocycles. The summed E-state index contributed by atoms with van der Waals surface area (Å²) in [6, 6.07) is 17.1. The smallest absolute Gasteiger partial charge is 0.251 e. The molecule has 1 aliphatic heterocycles. The number of nitrogens with zero attached hydrogens (tertiary/aromatic N) is 1. The molecule has 1 N–H and O–H groups in total. The number of carbonyl (C=O) groups is 1. The van der Waals surface area contributed by atoms with E-state index >= 15 is 0 Å². The Balaban J connectivity index is 0.00000225. The van der Waals surface area contributed by atoms with Crippen molar-refractivity contribution < 1.29 is 9.53 Å². The van der Waals surface area contributed by atoms with Crippen molar-refractivity contribution in [2.45, 2.75) is 6.04 Å². The summed E-state index contributed by atoms with van der Waals surface area (Å²) in [6.45, 7) is 3.58. The second-order valence-corrected chi connectivity index (χ2v) is 6.17. The minimum absolute atomic E-state index is 0. The molecule has 1 fully saturated rings. The molecule has 0 spiro atoms. The molecule has 0 aliphatic carbocycles. The summed E-state index contributed by atoms with van der Waals surface area (Å²) in [5.74, 6) is -0.0686. The van der Waals surface area contributed by atoms with Gasteiger partial charge in [0.25, 0.3) is 5.91 Å². The lowest BCUT2D eigenvalue weighted by molar-refractivity contribution is 0.0162. The Morgan fingerprint density at radius 2 is 1.72 bits per heavy atom. The van der Waals surface area contributed by atoms with Gasteiger partial charge in [-0.05, 0) is 23.8 Å². The molecule has 1 atom stereocenters. The fraction of sp³-hybridized carbons (Fsp3) is 0.316. The third kappa shape index (κ3) is 5.19. The molecule has 4 nitrogen and oxygen atoms in total. The Morgan fingerprint density at radius 1 is 1.08 bits per heavy atom. The van der Waals surface area contributed by atoms with Crippen LogP contribution in [0.5, 0.6) is 0 Å². The molecule has 25 heavy (non-hydrogen) atoms. The second kappa shape index (κ2) is 9.78. The molecule has 1 unspecified atom stereocenters. The summed E-state index contributed by atoms with van der Waals surface area (Å²) >= 11 is 6.40. The zero-order valence-electron chi connectivity index (χ0n) is 13.9. The Morgan fingerprint density at radius 3 is 2.40 bits per heavy atom. The number of amides is 1. The number of hydrogen-bond donors (Lipinski definition) is 1. The molecule has 1 aliphatic rings. The molecular weight excluding hydrogens is 359 g/mol. The van der Waals surface area contributed by atoms with E-state index in [4.69, 9.17) is 16.3 Å². The third-order valence-corrected chi connectivity index (χ3v) is 4.59. The van der Waals surface area contributed by atoms with E-state index in [2.05, 4.69) is 10.2 Å². The minimum atomic E-state index is -0.0686. The molecular formula is C19H22Cl2N2O2. The first-order valence-electron chi connectivity index (χ1n) is 8.15. The number of rotatable bonds is 5. The number of morpholine rings is 1. The van der Waals surface area contributed by atoms with Crippen molar-refractivity contribution in [3.63, 3.8) is 0 Å². The highest BCUT2D eigenvalue weighted by Crippen LogP contribution is 2.27. The van der Waals surface area contributed by atoms with E-state index in [1.165, 1.54) is 0 Å². The molecule has 1 amide bonds.